The molecule has 140 valence electrons. The normalized spacial score (nSPS) is 15.3. The molecular formula is C17H22N4O4S. The highest BCUT2D eigenvalue weighted by Crippen LogP contribution is 2.22. The summed E-state index contributed by atoms with van der Waals surface area (Å²) in [6.45, 7) is 4.79. The minimum Gasteiger partial charge on any atom is -0.474 e. The number of nitrogens with one attached hydrogen (secondary N) is 2. The summed E-state index contributed by atoms with van der Waals surface area (Å²) in [5.41, 5.74) is 0.256. The zero-order chi connectivity index (χ0) is 18.7. The molecule has 26 heavy (non-hydrogen) atoms. The third-order valence-electron chi connectivity index (χ3n) is 3.96. The number of carbonyl (C=O) groups excluding carboxylic acids is 1. The van der Waals surface area contributed by atoms with Gasteiger partial charge in [-0.2, -0.15) is 4.31 Å². The van der Waals surface area contributed by atoms with E-state index in [1.807, 2.05) is 13.8 Å². The smallest absolute Gasteiger partial charge is 0.256 e. The quantitative estimate of drug-likeness (QED) is 0.802. The highest BCUT2D eigenvalue weighted by Gasteiger charge is 2.27. The van der Waals surface area contributed by atoms with Crippen molar-refractivity contribution in [3.8, 4) is 5.88 Å². The number of ether oxygens (including phenoxy) is 1. The Hall–Kier alpha value is -2.39. The largest absolute Gasteiger partial charge is 0.474 e. The molecule has 1 amide bonds. The van der Waals surface area contributed by atoms with E-state index in [9.17, 15) is 13.2 Å². The van der Waals surface area contributed by atoms with E-state index in [1.165, 1.54) is 16.4 Å². The molecule has 1 fully saturated rings. The molecule has 0 saturated carbocycles. The van der Waals surface area contributed by atoms with Crippen molar-refractivity contribution in [2.24, 2.45) is 0 Å². The van der Waals surface area contributed by atoms with Crippen LogP contribution in [0.15, 0.2) is 35.2 Å². The van der Waals surface area contributed by atoms with Gasteiger partial charge in [-0.25, -0.2) is 8.42 Å². The van der Waals surface area contributed by atoms with Gasteiger partial charge in [0, 0.05) is 24.7 Å². The molecule has 1 saturated heterocycles. The molecule has 1 aliphatic heterocycles. The van der Waals surface area contributed by atoms with Crippen molar-refractivity contribution in [3.63, 3.8) is 0 Å². The van der Waals surface area contributed by atoms with Crippen LogP contribution >= 0.6 is 0 Å². The van der Waals surface area contributed by atoms with Gasteiger partial charge in [-0.1, -0.05) is 6.07 Å². The van der Waals surface area contributed by atoms with Gasteiger partial charge in [-0.3, -0.25) is 9.89 Å². The fourth-order valence-electron chi connectivity index (χ4n) is 2.74. The fraction of sp³-hybridized carbons (Fsp3) is 0.412. The molecule has 2 aromatic rings. The summed E-state index contributed by atoms with van der Waals surface area (Å²) in [6.07, 6.45) is 1.69. The lowest BCUT2D eigenvalue weighted by Crippen LogP contribution is -2.28. The first-order chi connectivity index (χ1) is 12.4. The first kappa shape index (κ1) is 18.4. The Labute approximate surface area is 152 Å². The second-order valence-corrected chi connectivity index (χ2v) is 8.32. The zero-order valence-corrected chi connectivity index (χ0v) is 15.5. The van der Waals surface area contributed by atoms with Crippen molar-refractivity contribution < 1.29 is 17.9 Å². The molecule has 2 heterocycles. The average Bonchev–Trinajstić information content (AvgIpc) is 3.27. The highest BCUT2D eigenvalue weighted by atomic mass is 32.2. The molecule has 1 aromatic heterocycles. The molecule has 0 radical (unpaired) electrons. The Morgan fingerprint density at radius 1 is 1.27 bits per heavy atom. The van der Waals surface area contributed by atoms with E-state index in [4.69, 9.17) is 4.74 Å². The third-order valence-corrected chi connectivity index (χ3v) is 5.85. The number of aromatic nitrogens is 2. The van der Waals surface area contributed by atoms with E-state index < -0.39 is 15.9 Å². The second kappa shape index (κ2) is 7.46. The summed E-state index contributed by atoms with van der Waals surface area (Å²) in [4.78, 5) is 12.6. The van der Waals surface area contributed by atoms with Crippen LogP contribution in [0.5, 0.6) is 5.88 Å². The number of aromatic amines is 1. The van der Waals surface area contributed by atoms with Gasteiger partial charge in [-0.05, 0) is 44.9 Å². The molecular weight excluding hydrogens is 356 g/mol. The molecule has 3 rings (SSSR count). The van der Waals surface area contributed by atoms with Crippen molar-refractivity contribution in [1.29, 1.82) is 0 Å². The van der Waals surface area contributed by atoms with E-state index in [1.54, 1.807) is 18.2 Å². The number of rotatable bonds is 6. The standard InChI is InChI=1S/C17H22N4O4S/c1-12(2)25-16-11-15(19-20-16)18-17(22)13-6-5-7-14(10-13)26(23,24)21-8-3-4-9-21/h5-7,10-12H,3-4,8-9H2,1-2H3,(H2,18,19,20,22). The molecule has 0 aliphatic carbocycles. The van der Waals surface area contributed by atoms with Gasteiger partial charge in [0.2, 0.25) is 15.9 Å². The predicted octanol–water partition coefficient (Wildman–Crippen LogP) is 2.23. The Morgan fingerprint density at radius 2 is 2.00 bits per heavy atom. The number of amides is 1. The Kier molecular flexibility index (Phi) is 5.28. The molecule has 2 N–H and O–H groups in total. The molecule has 0 bridgehead atoms. The van der Waals surface area contributed by atoms with E-state index in [0.717, 1.165) is 12.8 Å². The van der Waals surface area contributed by atoms with Crippen LogP contribution in [-0.2, 0) is 10.0 Å². The lowest BCUT2D eigenvalue weighted by molar-refractivity contribution is 0.102. The second-order valence-electron chi connectivity index (χ2n) is 6.38. The molecule has 1 aliphatic rings. The van der Waals surface area contributed by atoms with Crippen LogP contribution in [0.4, 0.5) is 5.82 Å². The monoisotopic (exact) mass is 378 g/mol. The molecule has 0 unspecified atom stereocenters. The molecule has 0 spiro atoms. The fourth-order valence-corrected chi connectivity index (χ4v) is 4.30. The number of anilines is 1. The number of carbonyl (C=O) groups is 1. The van der Waals surface area contributed by atoms with Gasteiger partial charge < -0.3 is 10.1 Å². The van der Waals surface area contributed by atoms with Crippen molar-refractivity contribution in [2.75, 3.05) is 18.4 Å². The molecule has 1 aromatic carbocycles. The zero-order valence-electron chi connectivity index (χ0n) is 14.7. The summed E-state index contributed by atoms with van der Waals surface area (Å²) in [5, 5.41) is 9.27. The first-order valence-corrected chi connectivity index (χ1v) is 9.94. The van der Waals surface area contributed by atoms with Crippen LogP contribution in [0.2, 0.25) is 0 Å². The molecule has 8 nitrogen and oxygen atoms in total. The van der Waals surface area contributed by atoms with Crippen LogP contribution in [-0.4, -0.2) is 48.0 Å². The van der Waals surface area contributed by atoms with Gasteiger partial charge in [0.1, 0.15) is 5.82 Å². The van der Waals surface area contributed by atoms with E-state index in [2.05, 4.69) is 15.5 Å². The lowest BCUT2D eigenvalue weighted by Gasteiger charge is -2.15. The van der Waals surface area contributed by atoms with Crippen LogP contribution in [0, 0.1) is 0 Å². The number of sulfonamides is 1. The summed E-state index contributed by atoms with van der Waals surface area (Å²) in [6, 6.07) is 7.61. The van der Waals surface area contributed by atoms with Crippen LogP contribution < -0.4 is 10.1 Å². The lowest BCUT2D eigenvalue weighted by atomic mass is 10.2. The van der Waals surface area contributed by atoms with Crippen LogP contribution in [0.1, 0.15) is 37.0 Å². The Balaban J connectivity index is 1.75. The van der Waals surface area contributed by atoms with E-state index >= 15 is 0 Å². The number of hydrogen-bond donors (Lipinski definition) is 2. The van der Waals surface area contributed by atoms with Crippen molar-refractivity contribution in [2.45, 2.75) is 37.7 Å². The van der Waals surface area contributed by atoms with Gasteiger partial charge in [0.15, 0.2) is 0 Å². The highest BCUT2D eigenvalue weighted by molar-refractivity contribution is 7.89. The maximum absolute atomic E-state index is 12.6. The van der Waals surface area contributed by atoms with Gasteiger partial charge in [-0.15, -0.1) is 5.10 Å². The van der Waals surface area contributed by atoms with Gasteiger partial charge >= 0.3 is 0 Å². The number of H-pyrrole nitrogens is 1. The van der Waals surface area contributed by atoms with Crippen molar-refractivity contribution in [1.82, 2.24) is 14.5 Å². The third kappa shape index (κ3) is 4.05. The Morgan fingerprint density at radius 3 is 2.69 bits per heavy atom. The summed E-state index contributed by atoms with van der Waals surface area (Å²) < 4.78 is 32.1. The molecule has 9 heteroatoms. The Bertz CT molecular complexity index is 886. The van der Waals surface area contributed by atoms with Gasteiger partial charge in [0.25, 0.3) is 5.91 Å². The molecule has 0 atom stereocenters. The summed E-state index contributed by atoms with van der Waals surface area (Å²) in [7, 11) is -3.56. The number of hydrogen-bond acceptors (Lipinski definition) is 5. The maximum Gasteiger partial charge on any atom is 0.256 e. The SMILES string of the molecule is CC(C)Oc1cc(NC(=O)c2cccc(S(=O)(=O)N3CCCC3)c2)[nH]n1. The van der Waals surface area contributed by atoms with Gasteiger partial charge in [0.05, 0.1) is 11.0 Å². The average molecular weight is 378 g/mol. The minimum absolute atomic E-state index is 0.0330. The van der Waals surface area contributed by atoms with E-state index in [0.29, 0.717) is 24.8 Å². The first-order valence-electron chi connectivity index (χ1n) is 8.50. The van der Waals surface area contributed by atoms with Crippen LogP contribution in [0.3, 0.4) is 0 Å². The number of nitrogens with zero attached hydrogens (tertiary/aromatic N) is 2. The predicted molar refractivity (Wildman–Crippen MR) is 96.7 cm³/mol. The van der Waals surface area contributed by atoms with Crippen molar-refractivity contribution >= 4 is 21.7 Å². The number of benzene rings is 1. The topological polar surface area (TPSA) is 104 Å². The summed E-state index contributed by atoms with van der Waals surface area (Å²) >= 11 is 0. The maximum atomic E-state index is 12.6. The van der Waals surface area contributed by atoms with E-state index in [-0.39, 0.29) is 16.6 Å². The van der Waals surface area contributed by atoms with Crippen molar-refractivity contribution in [3.05, 3.63) is 35.9 Å². The minimum atomic E-state index is -3.56. The summed E-state index contributed by atoms with van der Waals surface area (Å²) in [5.74, 6) is 0.322. The van der Waals surface area contributed by atoms with Crippen LogP contribution in [0.25, 0.3) is 0 Å².